The lowest BCUT2D eigenvalue weighted by Crippen LogP contribution is -2.21. The topological polar surface area (TPSA) is 72.3 Å². The van der Waals surface area contributed by atoms with Crippen molar-refractivity contribution in [3.05, 3.63) is 35.4 Å². The maximum absolute atomic E-state index is 11.0. The number of carbonyl (C=O) groups is 1. The first-order valence-corrected chi connectivity index (χ1v) is 5.41. The molecular formula is C12H19N3O. The van der Waals surface area contributed by atoms with Gasteiger partial charge in [-0.2, -0.15) is 0 Å². The second kappa shape index (κ2) is 6.25. The highest BCUT2D eigenvalue weighted by Crippen LogP contribution is 2.07. The van der Waals surface area contributed by atoms with Gasteiger partial charge in [-0.1, -0.05) is 12.1 Å². The molecule has 1 rings (SSSR count). The molecule has 4 nitrogen and oxygen atoms in total. The quantitative estimate of drug-likeness (QED) is 0.737. The van der Waals surface area contributed by atoms with Gasteiger partial charge in [-0.15, -0.1) is 0 Å². The molecule has 16 heavy (non-hydrogen) atoms. The number of rotatable bonds is 6. The normalized spacial score (nSPS) is 10.7. The zero-order valence-electron chi connectivity index (χ0n) is 9.65. The summed E-state index contributed by atoms with van der Waals surface area (Å²) in [6, 6.07) is 7.41. The van der Waals surface area contributed by atoms with Crippen LogP contribution in [-0.2, 0) is 6.54 Å². The molecule has 0 aliphatic heterocycles. The minimum atomic E-state index is -0.383. The Bertz CT molecular complexity index is 352. The number of nitrogens with two attached hydrogens (primary N) is 2. The number of benzene rings is 1. The Balaban J connectivity index is 2.59. The Morgan fingerprint density at radius 3 is 2.81 bits per heavy atom. The van der Waals surface area contributed by atoms with Crippen molar-refractivity contribution in [1.82, 2.24) is 4.90 Å². The van der Waals surface area contributed by atoms with Gasteiger partial charge in [0.15, 0.2) is 0 Å². The van der Waals surface area contributed by atoms with Crippen molar-refractivity contribution < 1.29 is 4.79 Å². The van der Waals surface area contributed by atoms with E-state index in [1.807, 2.05) is 25.2 Å². The number of hydrogen-bond acceptors (Lipinski definition) is 3. The molecular weight excluding hydrogens is 202 g/mol. The summed E-state index contributed by atoms with van der Waals surface area (Å²) in [6.45, 7) is 2.46. The molecule has 0 saturated heterocycles. The molecule has 0 spiro atoms. The van der Waals surface area contributed by atoms with Gasteiger partial charge < -0.3 is 16.4 Å². The SMILES string of the molecule is CN(CCCN)Cc1cccc(C(N)=O)c1. The van der Waals surface area contributed by atoms with Gasteiger partial charge in [0.1, 0.15) is 0 Å². The van der Waals surface area contributed by atoms with E-state index in [-0.39, 0.29) is 5.91 Å². The average Bonchev–Trinajstić information content (AvgIpc) is 2.26. The molecule has 88 valence electrons. The molecule has 0 aromatic heterocycles. The Morgan fingerprint density at radius 2 is 2.19 bits per heavy atom. The van der Waals surface area contributed by atoms with Crippen molar-refractivity contribution >= 4 is 5.91 Å². The van der Waals surface area contributed by atoms with E-state index in [1.54, 1.807) is 6.07 Å². The lowest BCUT2D eigenvalue weighted by atomic mass is 10.1. The number of amides is 1. The highest BCUT2D eigenvalue weighted by Gasteiger charge is 2.03. The van der Waals surface area contributed by atoms with Gasteiger partial charge in [-0.3, -0.25) is 4.79 Å². The van der Waals surface area contributed by atoms with Crippen LogP contribution < -0.4 is 11.5 Å². The van der Waals surface area contributed by atoms with Crippen molar-refractivity contribution in [2.24, 2.45) is 11.5 Å². The second-order valence-corrected chi connectivity index (χ2v) is 3.94. The molecule has 0 aliphatic rings. The van der Waals surface area contributed by atoms with Crippen molar-refractivity contribution in [3.8, 4) is 0 Å². The predicted molar refractivity (Wildman–Crippen MR) is 65.0 cm³/mol. The van der Waals surface area contributed by atoms with Crippen molar-refractivity contribution in [3.63, 3.8) is 0 Å². The van der Waals surface area contributed by atoms with Crippen LogP contribution in [0.3, 0.4) is 0 Å². The lowest BCUT2D eigenvalue weighted by Gasteiger charge is -2.16. The monoisotopic (exact) mass is 221 g/mol. The van der Waals surface area contributed by atoms with E-state index >= 15 is 0 Å². The number of nitrogens with zero attached hydrogens (tertiary/aromatic N) is 1. The highest BCUT2D eigenvalue weighted by atomic mass is 16.1. The van der Waals surface area contributed by atoms with Crippen molar-refractivity contribution in [2.45, 2.75) is 13.0 Å². The largest absolute Gasteiger partial charge is 0.366 e. The van der Waals surface area contributed by atoms with E-state index in [0.29, 0.717) is 12.1 Å². The minimum Gasteiger partial charge on any atom is -0.366 e. The average molecular weight is 221 g/mol. The van der Waals surface area contributed by atoms with Gasteiger partial charge in [-0.05, 0) is 44.3 Å². The summed E-state index contributed by atoms with van der Waals surface area (Å²) in [5, 5.41) is 0. The molecule has 0 heterocycles. The third-order valence-electron chi connectivity index (χ3n) is 2.41. The van der Waals surface area contributed by atoms with Gasteiger partial charge >= 0.3 is 0 Å². The molecule has 4 heteroatoms. The van der Waals surface area contributed by atoms with Crippen LogP contribution in [0.25, 0.3) is 0 Å². The molecule has 0 atom stereocenters. The van der Waals surface area contributed by atoms with Crippen LogP contribution in [0.1, 0.15) is 22.3 Å². The van der Waals surface area contributed by atoms with Crippen LogP contribution in [0.15, 0.2) is 24.3 Å². The third kappa shape index (κ3) is 4.00. The zero-order valence-corrected chi connectivity index (χ0v) is 9.65. The molecule has 0 radical (unpaired) electrons. The number of carbonyl (C=O) groups excluding carboxylic acids is 1. The molecule has 0 aliphatic carbocycles. The molecule has 4 N–H and O–H groups in total. The maximum Gasteiger partial charge on any atom is 0.248 e. The standard InChI is InChI=1S/C12H19N3O/c1-15(7-3-6-13)9-10-4-2-5-11(8-10)12(14)16/h2,4-5,8H,3,6-7,9,13H2,1H3,(H2,14,16). The van der Waals surface area contributed by atoms with Crippen molar-refractivity contribution in [2.75, 3.05) is 20.1 Å². The van der Waals surface area contributed by atoms with Gasteiger partial charge in [-0.25, -0.2) is 0 Å². The van der Waals surface area contributed by atoms with E-state index in [1.165, 1.54) is 0 Å². The fourth-order valence-corrected chi connectivity index (χ4v) is 1.57. The van der Waals surface area contributed by atoms with E-state index in [4.69, 9.17) is 11.5 Å². The highest BCUT2D eigenvalue weighted by molar-refractivity contribution is 5.92. The molecule has 0 saturated carbocycles. The van der Waals surface area contributed by atoms with Gasteiger partial charge in [0.2, 0.25) is 5.91 Å². The van der Waals surface area contributed by atoms with Crippen LogP contribution in [0.4, 0.5) is 0 Å². The molecule has 1 aromatic carbocycles. The van der Waals surface area contributed by atoms with E-state index in [9.17, 15) is 4.79 Å². The zero-order chi connectivity index (χ0) is 12.0. The fourth-order valence-electron chi connectivity index (χ4n) is 1.57. The van der Waals surface area contributed by atoms with Crippen molar-refractivity contribution in [1.29, 1.82) is 0 Å². The number of primary amides is 1. The second-order valence-electron chi connectivity index (χ2n) is 3.94. The first-order valence-electron chi connectivity index (χ1n) is 5.41. The van der Waals surface area contributed by atoms with E-state index in [0.717, 1.165) is 25.1 Å². The van der Waals surface area contributed by atoms with Crippen LogP contribution in [0.2, 0.25) is 0 Å². The van der Waals surface area contributed by atoms with Crippen LogP contribution in [0, 0.1) is 0 Å². The van der Waals surface area contributed by atoms with Crippen LogP contribution >= 0.6 is 0 Å². The Hall–Kier alpha value is -1.39. The lowest BCUT2D eigenvalue weighted by molar-refractivity contribution is 0.1000. The Morgan fingerprint density at radius 1 is 1.44 bits per heavy atom. The van der Waals surface area contributed by atoms with Gasteiger partial charge in [0.25, 0.3) is 0 Å². The molecule has 0 fully saturated rings. The van der Waals surface area contributed by atoms with E-state index in [2.05, 4.69) is 4.90 Å². The molecule has 0 bridgehead atoms. The summed E-state index contributed by atoms with van der Waals surface area (Å²) >= 11 is 0. The molecule has 0 unspecified atom stereocenters. The van der Waals surface area contributed by atoms with Gasteiger partial charge in [0, 0.05) is 12.1 Å². The minimum absolute atomic E-state index is 0.383. The van der Waals surface area contributed by atoms with Crippen LogP contribution in [0.5, 0.6) is 0 Å². The first-order chi connectivity index (χ1) is 7.63. The maximum atomic E-state index is 11.0. The summed E-state index contributed by atoms with van der Waals surface area (Å²) < 4.78 is 0. The third-order valence-corrected chi connectivity index (χ3v) is 2.41. The first kappa shape index (κ1) is 12.7. The summed E-state index contributed by atoms with van der Waals surface area (Å²) in [4.78, 5) is 13.2. The Labute approximate surface area is 96.2 Å². The summed E-state index contributed by atoms with van der Waals surface area (Å²) in [5.74, 6) is -0.383. The molecule has 1 aromatic rings. The Kier molecular flexibility index (Phi) is 4.95. The summed E-state index contributed by atoms with van der Waals surface area (Å²) in [6.07, 6.45) is 0.978. The predicted octanol–water partition coefficient (Wildman–Crippen LogP) is 0.566. The van der Waals surface area contributed by atoms with Gasteiger partial charge in [0.05, 0.1) is 0 Å². The summed E-state index contributed by atoms with van der Waals surface area (Å²) in [7, 11) is 2.03. The summed E-state index contributed by atoms with van der Waals surface area (Å²) in [5.41, 5.74) is 12.3. The number of hydrogen-bond donors (Lipinski definition) is 2. The van der Waals surface area contributed by atoms with Crippen LogP contribution in [-0.4, -0.2) is 30.9 Å². The van der Waals surface area contributed by atoms with E-state index < -0.39 is 0 Å². The fraction of sp³-hybridized carbons (Fsp3) is 0.417. The smallest absolute Gasteiger partial charge is 0.248 e. The molecule has 1 amide bonds.